The number of imide groups is 1. The molecular weight excluding hydrogens is 461 g/mol. The maximum Gasteiger partial charge on any atom is 0.322 e. The van der Waals surface area contributed by atoms with Crippen LogP contribution in [0.1, 0.15) is 34.1 Å². The second-order valence-electron chi connectivity index (χ2n) is 9.14. The van der Waals surface area contributed by atoms with E-state index >= 15 is 0 Å². The van der Waals surface area contributed by atoms with Gasteiger partial charge in [0, 0.05) is 23.2 Å². The number of urea groups is 1. The van der Waals surface area contributed by atoms with Crippen LogP contribution >= 0.6 is 0 Å². The molecule has 3 aromatic carbocycles. The summed E-state index contributed by atoms with van der Waals surface area (Å²) in [6.45, 7) is 2.21. The van der Waals surface area contributed by atoms with Crippen molar-refractivity contribution in [2.45, 2.75) is 25.4 Å². The molecule has 2 aliphatic heterocycles. The van der Waals surface area contributed by atoms with E-state index in [1.165, 1.54) is 17.0 Å². The first-order valence-electron chi connectivity index (χ1n) is 11.7. The van der Waals surface area contributed by atoms with Crippen molar-refractivity contribution < 1.29 is 18.8 Å². The lowest BCUT2D eigenvalue weighted by molar-refractivity contribution is -0.124. The summed E-state index contributed by atoms with van der Waals surface area (Å²) in [7, 11) is 0. The number of amides is 4. The van der Waals surface area contributed by atoms with Crippen molar-refractivity contribution in [1.82, 2.24) is 25.7 Å². The number of halogens is 1. The summed E-state index contributed by atoms with van der Waals surface area (Å²) in [5, 5.41) is 13.5. The van der Waals surface area contributed by atoms with Crippen molar-refractivity contribution in [3.8, 4) is 11.1 Å². The van der Waals surface area contributed by atoms with Gasteiger partial charge < -0.3 is 10.2 Å². The first-order valence-corrected chi connectivity index (χ1v) is 11.7. The molecule has 180 valence electrons. The highest BCUT2D eigenvalue weighted by Gasteiger charge is 2.50. The molecule has 4 amide bonds. The van der Waals surface area contributed by atoms with Crippen molar-refractivity contribution in [3.63, 3.8) is 0 Å². The monoisotopic (exact) mass is 483 g/mol. The van der Waals surface area contributed by atoms with Crippen molar-refractivity contribution in [2.75, 3.05) is 6.54 Å². The van der Waals surface area contributed by atoms with Crippen LogP contribution in [0.25, 0.3) is 22.0 Å². The number of benzene rings is 3. The molecule has 2 aliphatic rings. The molecule has 4 aromatic rings. The molecule has 1 atom stereocenters. The Morgan fingerprint density at radius 3 is 2.50 bits per heavy atom. The second-order valence-corrected chi connectivity index (χ2v) is 9.14. The molecule has 3 heterocycles. The topological polar surface area (TPSA) is 107 Å². The van der Waals surface area contributed by atoms with Crippen molar-refractivity contribution >= 4 is 28.7 Å². The number of H-pyrrole nitrogens is 1. The largest absolute Gasteiger partial charge is 0.331 e. The Kier molecular flexibility index (Phi) is 4.89. The van der Waals surface area contributed by atoms with E-state index in [4.69, 9.17) is 0 Å². The van der Waals surface area contributed by atoms with Crippen LogP contribution in [0.3, 0.4) is 0 Å². The van der Waals surface area contributed by atoms with Gasteiger partial charge in [0.15, 0.2) is 5.54 Å². The van der Waals surface area contributed by atoms with E-state index in [2.05, 4.69) is 33.8 Å². The highest BCUT2D eigenvalue weighted by atomic mass is 19.1. The SMILES string of the molecule is CCc1[nH]nc2ccc(-c3ccc([C@]4(CN5Cc6ccc(F)cc6C5=O)NC(=O)NC4=O)cc3)cc12. The summed E-state index contributed by atoms with van der Waals surface area (Å²) in [5.74, 6) is -1.42. The molecule has 0 spiro atoms. The summed E-state index contributed by atoms with van der Waals surface area (Å²) in [4.78, 5) is 39.7. The molecule has 1 saturated heterocycles. The zero-order valence-corrected chi connectivity index (χ0v) is 19.4. The van der Waals surface area contributed by atoms with Crippen molar-refractivity contribution in [3.05, 3.63) is 88.9 Å². The summed E-state index contributed by atoms with van der Waals surface area (Å²) in [6, 6.07) is 16.8. The molecule has 0 saturated carbocycles. The molecule has 0 unspecified atom stereocenters. The lowest BCUT2D eigenvalue weighted by Crippen LogP contribution is -2.52. The summed E-state index contributed by atoms with van der Waals surface area (Å²) in [5.41, 5.74) is 3.91. The number of nitrogens with one attached hydrogen (secondary N) is 3. The van der Waals surface area contributed by atoms with Crippen LogP contribution < -0.4 is 10.6 Å². The molecule has 0 bridgehead atoms. The van der Waals surface area contributed by atoms with Gasteiger partial charge in [-0.2, -0.15) is 5.10 Å². The van der Waals surface area contributed by atoms with E-state index in [0.29, 0.717) is 11.1 Å². The van der Waals surface area contributed by atoms with Crippen LogP contribution in [0, 0.1) is 5.82 Å². The smallest absolute Gasteiger partial charge is 0.322 e. The van der Waals surface area contributed by atoms with Crippen LogP contribution in [0.2, 0.25) is 0 Å². The molecule has 0 aliphatic carbocycles. The summed E-state index contributed by atoms with van der Waals surface area (Å²) < 4.78 is 13.7. The summed E-state index contributed by atoms with van der Waals surface area (Å²) in [6.07, 6.45) is 0.835. The molecule has 1 aromatic heterocycles. The molecule has 1 fully saturated rings. The van der Waals surface area contributed by atoms with Gasteiger partial charge in [0.05, 0.1) is 12.1 Å². The number of hydrogen-bond acceptors (Lipinski definition) is 4. The Balaban J connectivity index is 1.34. The number of aromatic nitrogens is 2. The fourth-order valence-electron chi connectivity index (χ4n) is 5.10. The molecular formula is C27H22FN5O3. The van der Waals surface area contributed by atoms with Gasteiger partial charge >= 0.3 is 6.03 Å². The minimum atomic E-state index is -1.46. The second kappa shape index (κ2) is 8.01. The van der Waals surface area contributed by atoms with Gasteiger partial charge in [-0.1, -0.05) is 43.3 Å². The van der Waals surface area contributed by atoms with E-state index < -0.39 is 23.3 Å². The highest BCUT2D eigenvalue weighted by Crippen LogP contribution is 2.33. The molecule has 6 rings (SSSR count). The van der Waals surface area contributed by atoms with E-state index in [1.807, 2.05) is 24.3 Å². The first kappa shape index (κ1) is 22.0. The first-order chi connectivity index (χ1) is 17.4. The van der Waals surface area contributed by atoms with Gasteiger partial charge in [-0.15, -0.1) is 0 Å². The molecule has 9 heteroatoms. The third-order valence-corrected chi connectivity index (χ3v) is 7.02. The van der Waals surface area contributed by atoms with Crippen molar-refractivity contribution in [1.29, 1.82) is 0 Å². The maximum absolute atomic E-state index is 13.7. The van der Waals surface area contributed by atoms with Gasteiger partial charge in [0.25, 0.3) is 11.8 Å². The molecule has 0 radical (unpaired) electrons. The van der Waals surface area contributed by atoms with Gasteiger partial charge in [-0.05, 0) is 52.9 Å². The van der Waals surface area contributed by atoms with Gasteiger partial charge in [-0.25, -0.2) is 9.18 Å². The number of hydrogen-bond donors (Lipinski definition) is 3. The van der Waals surface area contributed by atoms with Crippen LogP contribution in [0.4, 0.5) is 9.18 Å². The average molecular weight is 484 g/mol. The zero-order chi connectivity index (χ0) is 25.0. The van der Waals surface area contributed by atoms with Crippen LogP contribution in [-0.4, -0.2) is 39.5 Å². The quantitative estimate of drug-likeness (QED) is 0.377. The normalized spacial score (nSPS) is 19.1. The molecule has 8 nitrogen and oxygen atoms in total. The van der Waals surface area contributed by atoms with Gasteiger partial charge in [0.2, 0.25) is 0 Å². The Labute approximate surface area is 205 Å². The fraction of sp³-hybridized carbons (Fsp3) is 0.185. The zero-order valence-electron chi connectivity index (χ0n) is 19.4. The number of rotatable bonds is 5. The van der Waals surface area contributed by atoms with Crippen LogP contribution in [-0.2, 0) is 23.3 Å². The third-order valence-electron chi connectivity index (χ3n) is 7.02. The molecule has 3 N–H and O–H groups in total. The lowest BCUT2D eigenvalue weighted by atomic mass is 9.88. The Morgan fingerprint density at radius 2 is 1.78 bits per heavy atom. The number of fused-ring (bicyclic) bond motifs is 2. The predicted octanol–water partition coefficient (Wildman–Crippen LogP) is 3.62. The number of carbonyl (C=O) groups is 3. The average Bonchev–Trinajstić information content (AvgIpc) is 3.52. The fourth-order valence-corrected chi connectivity index (χ4v) is 5.10. The Morgan fingerprint density at radius 1 is 1.00 bits per heavy atom. The van der Waals surface area contributed by atoms with E-state index in [1.54, 1.807) is 18.2 Å². The minimum absolute atomic E-state index is 0.0834. The number of aryl methyl sites for hydroxylation is 1. The number of aromatic amines is 1. The van der Waals surface area contributed by atoms with Crippen LogP contribution in [0.5, 0.6) is 0 Å². The highest BCUT2D eigenvalue weighted by molar-refractivity contribution is 6.08. The minimum Gasteiger partial charge on any atom is -0.331 e. The van der Waals surface area contributed by atoms with Crippen LogP contribution in [0.15, 0.2) is 60.7 Å². The Bertz CT molecular complexity index is 1560. The lowest BCUT2D eigenvalue weighted by Gasteiger charge is -2.31. The number of nitrogens with zero attached hydrogens (tertiary/aromatic N) is 2. The maximum atomic E-state index is 13.7. The standard InChI is InChI=1S/C27H22FN5O3/c1-2-22-21-11-16(6-10-23(21)32-31-22)15-3-7-18(8-4-15)27(25(35)29-26(36)30-27)14-33-13-17-5-9-19(28)12-20(17)24(33)34/h3-12H,2,13-14H2,1H3,(H,31,32)(H2,29,30,35,36)/t27-/m0/s1. The van der Waals surface area contributed by atoms with E-state index in [-0.39, 0.29) is 24.6 Å². The van der Waals surface area contributed by atoms with E-state index in [0.717, 1.165) is 34.1 Å². The third kappa shape index (κ3) is 3.35. The van der Waals surface area contributed by atoms with E-state index in [9.17, 15) is 18.8 Å². The summed E-state index contributed by atoms with van der Waals surface area (Å²) >= 11 is 0. The van der Waals surface area contributed by atoms with Gasteiger partial charge in [0.1, 0.15) is 5.82 Å². The Hall–Kier alpha value is -4.53. The van der Waals surface area contributed by atoms with Gasteiger partial charge in [-0.3, -0.25) is 20.0 Å². The predicted molar refractivity (Wildman–Crippen MR) is 130 cm³/mol. The molecule has 36 heavy (non-hydrogen) atoms. The van der Waals surface area contributed by atoms with Crippen molar-refractivity contribution in [2.24, 2.45) is 0 Å². The number of carbonyl (C=O) groups excluding carboxylic acids is 3.